The second-order valence-electron chi connectivity index (χ2n) is 6.21. The molecule has 0 atom stereocenters. The van der Waals surface area contributed by atoms with E-state index in [1.54, 1.807) is 18.2 Å². The van der Waals surface area contributed by atoms with E-state index in [1.807, 2.05) is 60.7 Å². The van der Waals surface area contributed by atoms with Gasteiger partial charge in [-0.3, -0.25) is 0 Å². The molecule has 0 aliphatic heterocycles. The van der Waals surface area contributed by atoms with Crippen molar-refractivity contribution in [3.63, 3.8) is 0 Å². The average Bonchev–Trinajstić information content (AvgIpc) is 2.79. The molecule has 0 unspecified atom stereocenters. The van der Waals surface area contributed by atoms with Gasteiger partial charge in [0.15, 0.2) is 5.82 Å². The fraction of sp³-hybridized carbons (Fsp3) is 0. The highest BCUT2D eigenvalue weighted by Crippen LogP contribution is 2.40. The van der Waals surface area contributed by atoms with Crippen molar-refractivity contribution >= 4 is 23.0 Å². The summed E-state index contributed by atoms with van der Waals surface area (Å²) in [7, 11) is 0. The van der Waals surface area contributed by atoms with Crippen LogP contribution in [0.1, 0.15) is 0 Å². The Hall–Kier alpha value is -3.99. The lowest BCUT2D eigenvalue weighted by Crippen LogP contribution is -1.97. The van der Waals surface area contributed by atoms with Crippen LogP contribution in [0.15, 0.2) is 78.9 Å². The summed E-state index contributed by atoms with van der Waals surface area (Å²) in [4.78, 5) is 16.6. The second kappa shape index (κ2) is 7.94. The molecule has 0 N–H and O–H groups in total. The molecule has 0 aliphatic rings. The van der Waals surface area contributed by atoms with Gasteiger partial charge in [-0.25, -0.2) is 19.7 Å². The molecule has 1 heterocycles. The second-order valence-corrected chi connectivity index (χ2v) is 6.62. The van der Waals surface area contributed by atoms with E-state index in [1.165, 1.54) is 0 Å². The van der Waals surface area contributed by atoms with E-state index < -0.39 is 0 Å². The predicted molar refractivity (Wildman–Crippen MR) is 116 cm³/mol. The Balaban J connectivity index is 2.04. The molecule has 0 bridgehead atoms. The van der Waals surface area contributed by atoms with E-state index in [0.29, 0.717) is 39.2 Å². The number of nitrogens with zero attached hydrogens (tertiary/aromatic N) is 4. The first-order valence-corrected chi connectivity index (χ1v) is 9.17. The number of hydrogen-bond acceptors (Lipinski definition) is 2. The molecule has 1 aromatic heterocycles. The zero-order valence-corrected chi connectivity index (χ0v) is 15.9. The van der Waals surface area contributed by atoms with Crippen LogP contribution in [0.4, 0.5) is 11.4 Å². The Morgan fingerprint density at radius 2 is 1.24 bits per heavy atom. The molecular weight excluding hydrogens is 380 g/mol. The predicted octanol–water partition coefficient (Wildman–Crippen LogP) is 7.23. The van der Waals surface area contributed by atoms with Gasteiger partial charge < -0.3 is 0 Å². The highest BCUT2D eigenvalue weighted by molar-refractivity contribution is 6.33. The molecule has 5 heteroatoms. The normalized spacial score (nSPS) is 10.2. The van der Waals surface area contributed by atoms with Crippen LogP contribution in [0.2, 0.25) is 5.02 Å². The first-order valence-electron chi connectivity index (χ1n) is 8.79. The van der Waals surface area contributed by atoms with Crippen molar-refractivity contribution in [1.82, 2.24) is 9.97 Å². The minimum Gasteiger partial charge on any atom is -0.240 e. The lowest BCUT2D eigenvalue weighted by molar-refractivity contribution is 1.19. The zero-order valence-electron chi connectivity index (χ0n) is 15.2. The summed E-state index contributed by atoms with van der Waals surface area (Å²) in [6, 6.07) is 24.3. The molecule has 0 spiro atoms. The van der Waals surface area contributed by atoms with Crippen LogP contribution in [0, 0.1) is 13.1 Å². The highest BCUT2D eigenvalue weighted by Gasteiger charge is 2.19. The number of aromatic nitrogens is 2. The van der Waals surface area contributed by atoms with E-state index >= 15 is 0 Å². The van der Waals surface area contributed by atoms with Crippen LogP contribution in [-0.4, -0.2) is 9.97 Å². The van der Waals surface area contributed by atoms with E-state index in [2.05, 4.69) is 9.69 Å². The molecule has 0 saturated carbocycles. The SMILES string of the molecule is [C-]#[N+]c1cc(-c2nc(-c3ccccc3)nc(-c3ccccc3)c2[N+]#[C-])ccc1Cl. The van der Waals surface area contributed by atoms with E-state index in [9.17, 15) is 0 Å². The van der Waals surface area contributed by atoms with Crippen LogP contribution >= 0.6 is 11.6 Å². The Morgan fingerprint density at radius 3 is 1.83 bits per heavy atom. The lowest BCUT2D eigenvalue weighted by Gasteiger charge is -2.13. The largest absolute Gasteiger partial charge is 0.240 e. The van der Waals surface area contributed by atoms with Crippen molar-refractivity contribution < 1.29 is 0 Å². The summed E-state index contributed by atoms with van der Waals surface area (Å²) >= 11 is 6.10. The van der Waals surface area contributed by atoms with Crippen molar-refractivity contribution in [3.05, 3.63) is 107 Å². The summed E-state index contributed by atoms with van der Waals surface area (Å²) in [6.45, 7) is 15.1. The minimum atomic E-state index is 0.321. The maximum atomic E-state index is 7.80. The molecule has 0 fully saturated rings. The molecule has 4 nitrogen and oxygen atoms in total. The van der Waals surface area contributed by atoms with Gasteiger partial charge in [-0.15, -0.1) is 0 Å². The van der Waals surface area contributed by atoms with Crippen LogP contribution in [0.3, 0.4) is 0 Å². The van der Waals surface area contributed by atoms with Gasteiger partial charge in [-0.1, -0.05) is 84.4 Å². The summed E-state index contributed by atoms with van der Waals surface area (Å²) in [6.07, 6.45) is 0. The third-order valence-electron chi connectivity index (χ3n) is 4.42. The lowest BCUT2D eigenvalue weighted by atomic mass is 10.0. The molecule has 0 radical (unpaired) electrons. The Labute approximate surface area is 173 Å². The van der Waals surface area contributed by atoms with Crippen molar-refractivity contribution in [1.29, 1.82) is 0 Å². The monoisotopic (exact) mass is 392 g/mol. The Bertz CT molecular complexity index is 1270. The zero-order chi connectivity index (χ0) is 20.2. The molecule has 0 aliphatic carbocycles. The van der Waals surface area contributed by atoms with E-state index in [4.69, 9.17) is 34.7 Å². The quantitative estimate of drug-likeness (QED) is 0.344. The smallest absolute Gasteiger partial charge is 0.238 e. The van der Waals surface area contributed by atoms with Crippen LogP contribution < -0.4 is 0 Å². The Morgan fingerprint density at radius 1 is 0.655 bits per heavy atom. The molecule has 29 heavy (non-hydrogen) atoms. The first kappa shape index (κ1) is 18.4. The third kappa shape index (κ3) is 3.58. The number of benzene rings is 3. The van der Waals surface area contributed by atoms with Gasteiger partial charge in [0.1, 0.15) is 0 Å². The van der Waals surface area contributed by atoms with Gasteiger partial charge >= 0.3 is 0 Å². The van der Waals surface area contributed by atoms with Crippen molar-refractivity contribution in [2.75, 3.05) is 0 Å². The van der Waals surface area contributed by atoms with Crippen molar-refractivity contribution in [2.45, 2.75) is 0 Å². The van der Waals surface area contributed by atoms with Crippen LogP contribution in [0.5, 0.6) is 0 Å². The molecule has 4 rings (SSSR count). The maximum absolute atomic E-state index is 7.80. The molecule has 136 valence electrons. The highest BCUT2D eigenvalue weighted by atomic mass is 35.5. The van der Waals surface area contributed by atoms with E-state index in [0.717, 1.165) is 11.1 Å². The fourth-order valence-electron chi connectivity index (χ4n) is 3.02. The van der Waals surface area contributed by atoms with Crippen LogP contribution in [0.25, 0.3) is 43.6 Å². The first-order chi connectivity index (χ1) is 14.2. The standard InChI is InChI=1S/C24H13ClN4/c1-26-20-15-18(13-14-19(20)25)22-23(27-2)21(16-9-5-3-6-10-16)28-24(29-22)17-11-7-4-8-12-17/h3-15H. The summed E-state index contributed by atoms with van der Waals surface area (Å²) in [5.41, 5.74) is 4.04. The van der Waals surface area contributed by atoms with Gasteiger partial charge in [0.05, 0.1) is 24.5 Å². The van der Waals surface area contributed by atoms with Gasteiger partial charge in [0.25, 0.3) is 0 Å². The molecule has 0 amide bonds. The molecular formula is C24H13ClN4. The maximum Gasteiger partial charge on any atom is 0.238 e. The van der Waals surface area contributed by atoms with Gasteiger partial charge in [-0.2, -0.15) is 0 Å². The van der Waals surface area contributed by atoms with Crippen molar-refractivity contribution in [3.8, 4) is 33.9 Å². The third-order valence-corrected chi connectivity index (χ3v) is 4.73. The number of hydrogen-bond donors (Lipinski definition) is 0. The minimum absolute atomic E-state index is 0.321. The molecule has 3 aromatic carbocycles. The number of rotatable bonds is 3. The van der Waals surface area contributed by atoms with Gasteiger partial charge in [-0.05, 0) is 17.2 Å². The summed E-state index contributed by atoms with van der Waals surface area (Å²) in [5, 5.41) is 0.369. The van der Waals surface area contributed by atoms with E-state index in [-0.39, 0.29) is 0 Å². The Kier molecular flexibility index (Phi) is 5.03. The number of halogens is 1. The van der Waals surface area contributed by atoms with Crippen molar-refractivity contribution in [2.24, 2.45) is 0 Å². The van der Waals surface area contributed by atoms with Gasteiger partial charge in [0, 0.05) is 10.6 Å². The summed E-state index contributed by atoms with van der Waals surface area (Å²) in [5.74, 6) is 0.520. The van der Waals surface area contributed by atoms with Gasteiger partial charge in [0.2, 0.25) is 11.4 Å². The molecule has 4 aromatic rings. The average molecular weight is 393 g/mol. The molecule has 0 saturated heterocycles. The topological polar surface area (TPSA) is 34.5 Å². The fourth-order valence-corrected chi connectivity index (χ4v) is 3.18. The van der Waals surface area contributed by atoms with Crippen LogP contribution in [-0.2, 0) is 0 Å². The summed E-state index contributed by atoms with van der Waals surface area (Å²) < 4.78 is 0.